The largest absolute Gasteiger partial charge is 0.321 e. The molecule has 0 aliphatic carbocycles. The molecule has 78 valence electrons. The number of rotatable bonds is 0. The van der Waals surface area contributed by atoms with Gasteiger partial charge in [-0.3, -0.25) is 4.99 Å². The molecule has 0 aromatic carbocycles. The molecule has 0 aliphatic heterocycles. The fraction of sp³-hybridized carbons (Fsp3) is 0.700. The third kappa shape index (κ3) is 4.55. The maximum Gasteiger partial charge on any atom is 0.204 e. The van der Waals surface area contributed by atoms with Crippen molar-refractivity contribution in [1.82, 2.24) is 9.13 Å². The lowest BCUT2D eigenvalue weighted by Crippen LogP contribution is -2.20. The monoisotopic (exact) mass is 185 g/mol. The Kier molecular flexibility index (Phi) is 10.2. The molecule has 0 saturated carbocycles. The van der Waals surface area contributed by atoms with Crippen molar-refractivity contribution in [3.05, 3.63) is 18.0 Å². The average Bonchev–Trinajstić information content (AvgIpc) is 2.52. The van der Waals surface area contributed by atoms with E-state index in [9.17, 15) is 0 Å². The van der Waals surface area contributed by atoms with Crippen LogP contribution in [0.5, 0.6) is 0 Å². The lowest BCUT2D eigenvalue weighted by Gasteiger charge is -1.89. The first-order valence-electron chi connectivity index (χ1n) is 4.86. The zero-order valence-electron chi connectivity index (χ0n) is 10.00. The van der Waals surface area contributed by atoms with Crippen LogP contribution in [0.15, 0.2) is 17.4 Å². The maximum absolute atomic E-state index is 4.06. The van der Waals surface area contributed by atoms with Crippen molar-refractivity contribution in [3.63, 3.8) is 0 Å². The van der Waals surface area contributed by atoms with E-state index >= 15 is 0 Å². The SMILES string of the molecule is CC.CC.CN=c1n(C)ccn1C. The van der Waals surface area contributed by atoms with Crippen LogP contribution < -0.4 is 5.62 Å². The normalized spacial score (nSPS) is 7.62. The van der Waals surface area contributed by atoms with Gasteiger partial charge in [-0.05, 0) is 0 Å². The Morgan fingerprint density at radius 1 is 0.923 bits per heavy atom. The first-order chi connectivity index (χ1) is 6.25. The van der Waals surface area contributed by atoms with Crippen LogP contribution in [0.1, 0.15) is 27.7 Å². The van der Waals surface area contributed by atoms with Crippen LogP contribution in [0.2, 0.25) is 0 Å². The van der Waals surface area contributed by atoms with Crippen molar-refractivity contribution in [2.24, 2.45) is 19.1 Å². The molecule has 13 heavy (non-hydrogen) atoms. The quantitative estimate of drug-likeness (QED) is 0.589. The van der Waals surface area contributed by atoms with Gasteiger partial charge in [0.05, 0.1) is 0 Å². The Hall–Kier alpha value is -0.990. The molecule has 0 aliphatic rings. The summed E-state index contributed by atoms with van der Waals surface area (Å²) in [5, 5.41) is 0. The Morgan fingerprint density at radius 2 is 1.23 bits per heavy atom. The minimum Gasteiger partial charge on any atom is -0.321 e. The topological polar surface area (TPSA) is 22.2 Å². The lowest BCUT2D eigenvalue weighted by molar-refractivity contribution is 0.738. The molecule has 0 atom stereocenters. The smallest absolute Gasteiger partial charge is 0.204 e. The molecule has 0 saturated heterocycles. The highest BCUT2D eigenvalue weighted by Crippen LogP contribution is 1.74. The minimum atomic E-state index is 0.981. The fourth-order valence-electron chi connectivity index (χ4n) is 0.898. The molecule has 0 N–H and O–H groups in total. The predicted molar refractivity (Wildman–Crippen MR) is 58.6 cm³/mol. The van der Waals surface area contributed by atoms with Crippen LogP contribution in [0.4, 0.5) is 0 Å². The summed E-state index contributed by atoms with van der Waals surface area (Å²) in [6.45, 7) is 8.00. The highest BCUT2D eigenvalue weighted by molar-refractivity contribution is 4.76. The maximum atomic E-state index is 4.06. The van der Waals surface area contributed by atoms with E-state index in [1.54, 1.807) is 7.05 Å². The van der Waals surface area contributed by atoms with E-state index in [4.69, 9.17) is 0 Å². The second kappa shape index (κ2) is 9.10. The number of hydrogen-bond acceptors (Lipinski definition) is 1. The van der Waals surface area contributed by atoms with Crippen LogP contribution >= 0.6 is 0 Å². The first kappa shape index (κ1) is 14.5. The molecule has 1 heterocycles. The number of hydrogen-bond donors (Lipinski definition) is 0. The lowest BCUT2D eigenvalue weighted by atomic mass is 10.9. The first-order valence-corrected chi connectivity index (χ1v) is 4.86. The van der Waals surface area contributed by atoms with E-state index in [2.05, 4.69) is 4.99 Å². The summed E-state index contributed by atoms with van der Waals surface area (Å²) < 4.78 is 3.94. The van der Waals surface area contributed by atoms with Gasteiger partial charge in [-0.15, -0.1) is 0 Å². The third-order valence-electron chi connectivity index (χ3n) is 1.34. The number of imidazole rings is 1. The number of nitrogens with zero attached hydrogens (tertiary/aromatic N) is 3. The summed E-state index contributed by atoms with van der Waals surface area (Å²) in [7, 11) is 5.74. The van der Waals surface area contributed by atoms with E-state index in [1.807, 2.05) is 63.3 Å². The molecule has 1 rings (SSSR count). The van der Waals surface area contributed by atoms with Gasteiger partial charge in [0, 0.05) is 33.5 Å². The minimum absolute atomic E-state index is 0.981. The highest BCUT2D eigenvalue weighted by Gasteiger charge is 1.87. The Bertz CT molecular complexity index is 233. The zero-order valence-corrected chi connectivity index (χ0v) is 10.00. The van der Waals surface area contributed by atoms with Gasteiger partial charge in [-0.2, -0.15) is 0 Å². The van der Waals surface area contributed by atoms with Crippen molar-refractivity contribution in [2.45, 2.75) is 27.7 Å². The van der Waals surface area contributed by atoms with E-state index < -0.39 is 0 Å². The summed E-state index contributed by atoms with van der Waals surface area (Å²) in [6, 6.07) is 0. The molecule has 0 radical (unpaired) electrons. The summed E-state index contributed by atoms with van der Waals surface area (Å²) in [5.74, 6) is 0. The van der Waals surface area contributed by atoms with Gasteiger partial charge in [0.15, 0.2) is 0 Å². The molecule has 0 spiro atoms. The van der Waals surface area contributed by atoms with Crippen LogP contribution in [0.3, 0.4) is 0 Å². The zero-order chi connectivity index (χ0) is 10.9. The number of aryl methyl sites for hydroxylation is 2. The molecule has 1 aromatic rings. The standard InChI is InChI=1S/C6H11N3.2C2H6/c1-7-6-8(2)4-5-9(6)3;2*1-2/h4-5H,1-3H3;2*1-2H3. The fourth-order valence-corrected chi connectivity index (χ4v) is 0.898. The molecule has 0 bridgehead atoms. The highest BCUT2D eigenvalue weighted by atomic mass is 15.1. The molecular weight excluding hydrogens is 162 g/mol. The van der Waals surface area contributed by atoms with Gasteiger partial charge in [-0.25, -0.2) is 0 Å². The van der Waals surface area contributed by atoms with E-state index in [-0.39, 0.29) is 0 Å². The summed E-state index contributed by atoms with van der Waals surface area (Å²) in [5.41, 5.74) is 0.981. The molecule has 3 nitrogen and oxygen atoms in total. The Labute approximate surface area is 81.7 Å². The van der Waals surface area contributed by atoms with Gasteiger partial charge < -0.3 is 9.13 Å². The van der Waals surface area contributed by atoms with Crippen molar-refractivity contribution >= 4 is 0 Å². The molecule has 1 aromatic heterocycles. The Balaban J connectivity index is 0. The average molecular weight is 185 g/mol. The molecule has 0 fully saturated rings. The predicted octanol–water partition coefficient (Wildman–Crippen LogP) is 1.95. The van der Waals surface area contributed by atoms with Gasteiger partial charge in [0.1, 0.15) is 0 Å². The van der Waals surface area contributed by atoms with Gasteiger partial charge in [0.25, 0.3) is 0 Å². The van der Waals surface area contributed by atoms with E-state index in [0.29, 0.717) is 0 Å². The summed E-state index contributed by atoms with van der Waals surface area (Å²) in [6.07, 6.45) is 3.95. The van der Waals surface area contributed by atoms with Crippen LogP contribution in [-0.2, 0) is 14.1 Å². The third-order valence-corrected chi connectivity index (χ3v) is 1.34. The van der Waals surface area contributed by atoms with Crippen LogP contribution in [0, 0.1) is 0 Å². The van der Waals surface area contributed by atoms with Crippen molar-refractivity contribution in [2.75, 3.05) is 7.05 Å². The van der Waals surface area contributed by atoms with Crippen molar-refractivity contribution in [3.8, 4) is 0 Å². The second-order valence-corrected chi connectivity index (χ2v) is 2.04. The summed E-state index contributed by atoms with van der Waals surface area (Å²) in [4.78, 5) is 4.06. The van der Waals surface area contributed by atoms with Crippen molar-refractivity contribution in [1.29, 1.82) is 0 Å². The van der Waals surface area contributed by atoms with Gasteiger partial charge in [0.2, 0.25) is 5.62 Å². The van der Waals surface area contributed by atoms with Gasteiger partial charge in [-0.1, -0.05) is 27.7 Å². The molecule has 0 amide bonds. The van der Waals surface area contributed by atoms with E-state index in [1.165, 1.54) is 0 Å². The summed E-state index contributed by atoms with van der Waals surface area (Å²) >= 11 is 0. The van der Waals surface area contributed by atoms with Gasteiger partial charge >= 0.3 is 0 Å². The molecule has 3 heteroatoms. The Morgan fingerprint density at radius 3 is 1.38 bits per heavy atom. The van der Waals surface area contributed by atoms with Crippen LogP contribution in [-0.4, -0.2) is 16.2 Å². The van der Waals surface area contributed by atoms with E-state index in [0.717, 1.165) is 5.62 Å². The molecule has 0 unspecified atom stereocenters. The second-order valence-electron chi connectivity index (χ2n) is 2.04. The molecular formula is C10H23N3. The van der Waals surface area contributed by atoms with Crippen molar-refractivity contribution < 1.29 is 0 Å². The van der Waals surface area contributed by atoms with Crippen LogP contribution in [0.25, 0.3) is 0 Å². The number of aromatic nitrogens is 2.